The number of anilines is 1. The number of hydrogen-bond acceptors (Lipinski definition) is 8. The average molecular weight is 493 g/mol. The first-order valence-corrected chi connectivity index (χ1v) is 12.2. The van der Waals surface area contributed by atoms with Crippen molar-refractivity contribution in [3.8, 4) is 10.4 Å². The van der Waals surface area contributed by atoms with E-state index in [4.69, 9.17) is 4.74 Å². The molecule has 5 aromatic heterocycles. The fourth-order valence-electron chi connectivity index (χ4n) is 4.58. The van der Waals surface area contributed by atoms with Gasteiger partial charge in [-0.05, 0) is 26.0 Å². The van der Waals surface area contributed by atoms with Gasteiger partial charge in [-0.15, -0.1) is 11.3 Å². The van der Waals surface area contributed by atoms with Gasteiger partial charge in [-0.25, -0.2) is 4.52 Å². The minimum absolute atomic E-state index is 0.131. The number of rotatable bonds is 5. The summed E-state index contributed by atoms with van der Waals surface area (Å²) in [4.78, 5) is 36.8. The lowest BCUT2D eigenvalue weighted by Gasteiger charge is -2.30. The van der Waals surface area contributed by atoms with Crippen LogP contribution in [0.5, 0.6) is 0 Å². The third-order valence-corrected chi connectivity index (χ3v) is 7.53. The second-order valence-corrected chi connectivity index (χ2v) is 9.88. The van der Waals surface area contributed by atoms with E-state index in [1.807, 2.05) is 26.5 Å². The molecular formula is C23H24N8O3S. The lowest BCUT2D eigenvalue weighted by atomic mass is 10.1. The number of carbonyl (C=O) groups excluding carboxylic acids is 1. The molecular weight excluding hydrogens is 468 g/mol. The minimum atomic E-state index is -0.244. The molecule has 5 aromatic rings. The van der Waals surface area contributed by atoms with Crippen LogP contribution in [0.3, 0.4) is 0 Å². The number of ether oxygens (including phenoxy) is 1. The molecule has 0 bridgehead atoms. The lowest BCUT2D eigenvalue weighted by Crippen LogP contribution is -2.41. The Bertz CT molecular complexity index is 1620. The first-order chi connectivity index (χ1) is 17.0. The van der Waals surface area contributed by atoms with Gasteiger partial charge in [0.05, 0.1) is 35.0 Å². The first kappa shape index (κ1) is 21.9. The summed E-state index contributed by atoms with van der Waals surface area (Å²) in [5, 5.41) is 12.3. The van der Waals surface area contributed by atoms with Gasteiger partial charge in [-0.1, -0.05) is 0 Å². The summed E-state index contributed by atoms with van der Waals surface area (Å²) in [7, 11) is 3.81. The van der Waals surface area contributed by atoms with Crippen LogP contribution in [0.25, 0.3) is 37.2 Å². The maximum absolute atomic E-state index is 13.0. The van der Waals surface area contributed by atoms with Gasteiger partial charge < -0.3 is 15.0 Å². The van der Waals surface area contributed by atoms with Crippen LogP contribution in [0, 0.1) is 0 Å². The van der Waals surface area contributed by atoms with Crippen molar-refractivity contribution in [2.45, 2.75) is 18.9 Å². The van der Waals surface area contributed by atoms with Gasteiger partial charge in [-0.3, -0.25) is 24.2 Å². The summed E-state index contributed by atoms with van der Waals surface area (Å²) in [6, 6.07) is 2.06. The molecule has 0 saturated carbocycles. The number of thiazole rings is 1. The number of carbonyl (C=O) groups is 1. The molecule has 0 aromatic carbocycles. The van der Waals surface area contributed by atoms with Crippen molar-refractivity contribution >= 4 is 49.7 Å². The predicted octanol–water partition coefficient (Wildman–Crippen LogP) is 2.24. The smallest absolute Gasteiger partial charge is 0.261 e. The molecule has 1 aliphatic rings. The summed E-state index contributed by atoms with van der Waals surface area (Å²) < 4.78 is 8.85. The molecule has 11 nitrogen and oxygen atoms in total. The second-order valence-electron chi connectivity index (χ2n) is 8.85. The highest BCUT2D eigenvalue weighted by atomic mass is 32.1. The van der Waals surface area contributed by atoms with Gasteiger partial charge in [0, 0.05) is 44.3 Å². The topological polar surface area (TPSA) is 122 Å². The third-order valence-electron chi connectivity index (χ3n) is 6.38. The monoisotopic (exact) mass is 492 g/mol. The number of pyridine rings is 2. The average Bonchev–Trinajstić information content (AvgIpc) is 3.53. The lowest BCUT2D eigenvalue weighted by molar-refractivity contribution is -0.118. The molecule has 6 heterocycles. The number of nitrogens with zero attached hydrogens (tertiary/aromatic N) is 6. The fraction of sp³-hybridized carbons (Fsp3) is 0.348. The zero-order valence-electron chi connectivity index (χ0n) is 19.3. The minimum Gasteiger partial charge on any atom is -0.381 e. The highest BCUT2D eigenvalue weighted by Gasteiger charge is 2.21. The van der Waals surface area contributed by atoms with Gasteiger partial charge in [-0.2, -0.15) is 10.2 Å². The van der Waals surface area contributed by atoms with E-state index in [2.05, 4.69) is 30.4 Å². The zero-order chi connectivity index (χ0) is 24.1. The number of H-pyrrole nitrogens is 1. The molecule has 1 aliphatic heterocycles. The Labute approximate surface area is 203 Å². The van der Waals surface area contributed by atoms with Crippen LogP contribution in [-0.4, -0.2) is 73.0 Å². The summed E-state index contributed by atoms with van der Waals surface area (Å²) >= 11 is 1.48. The van der Waals surface area contributed by atoms with Gasteiger partial charge in [0.15, 0.2) is 0 Å². The molecule has 0 atom stereocenters. The largest absolute Gasteiger partial charge is 0.381 e. The van der Waals surface area contributed by atoms with Gasteiger partial charge in [0.1, 0.15) is 21.3 Å². The van der Waals surface area contributed by atoms with Crippen molar-refractivity contribution in [1.29, 1.82) is 0 Å². The van der Waals surface area contributed by atoms with E-state index in [9.17, 15) is 9.59 Å². The molecule has 0 spiro atoms. The Morgan fingerprint density at radius 3 is 2.89 bits per heavy atom. The van der Waals surface area contributed by atoms with Crippen LogP contribution in [0.1, 0.15) is 12.8 Å². The number of aromatic nitrogens is 6. The number of amides is 1. The molecule has 12 heteroatoms. The molecule has 1 saturated heterocycles. The Morgan fingerprint density at radius 2 is 2.11 bits per heavy atom. The molecule has 0 aliphatic carbocycles. The maximum Gasteiger partial charge on any atom is 0.261 e. The van der Waals surface area contributed by atoms with Crippen molar-refractivity contribution < 1.29 is 9.53 Å². The molecule has 6 rings (SSSR count). The van der Waals surface area contributed by atoms with Crippen LogP contribution in [-0.2, 0) is 16.6 Å². The molecule has 0 radical (unpaired) electrons. The SMILES string of the molecule is CN(CC(=O)Nc1cnc2c(c1)[nH]c(=O)c1c2nn2cc(-c3cnn(C)c3)sc12)C1CCOCC1. The number of fused-ring (bicyclic) bond motifs is 5. The standard InChI is InChI=1S/C23H24N8O3S/c1-29(15-3-5-34-6-4-15)12-18(32)26-14-7-16-20(24-9-14)21-19(22(33)27-16)23-31(28-21)11-17(35-23)13-8-25-30(2)10-13/h7-11,15H,3-6,12H2,1-2H3,(H,26,32)(H,27,33). The van der Waals surface area contributed by atoms with E-state index < -0.39 is 0 Å². The van der Waals surface area contributed by atoms with Gasteiger partial charge in [0.2, 0.25) is 5.91 Å². The Kier molecular flexibility index (Phi) is 5.35. The van der Waals surface area contributed by atoms with Crippen molar-refractivity contribution in [3.63, 3.8) is 0 Å². The number of nitrogens with one attached hydrogen (secondary N) is 2. The number of aryl methyl sites for hydroxylation is 1. The van der Waals surface area contributed by atoms with Crippen LogP contribution in [0.15, 0.2) is 35.6 Å². The zero-order valence-corrected chi connectivity index (χ0v) is 20.1. The molecule has 180 valence electrons. The Balaban J connectivity index is 1.28. The van der Waals surface area contributed by atoms with Gasteiger partial charge >= 0.3 is 0 Å². The summed E-state index contributed by atoms with van der Waals surface area (Å²) in [5.74, 6) is -0.131. The second kappa shape index (κ2) is 8.56. The van der Waals surface area contributed by atoms with E-state index in [-0.39, 0.29) is 18.0 Å². The summed E-state index contributed by atoms with van der Waals surface area (Å²) in [6.07, 6.45) is 9.04. The van der Waals surface area contributed by atoms with Gasteiger partial charge in [0.25, 0.3) is 5.56 Å². The molecule has 0 unspecified atom stereocenters. The van der Waals surface area contributed by atoms with Crippen LogP contribution < -0.4 is 10.9 Å². The molecule has 1 fully saturated rings. The van der Waals surface area contributed by atoms with E-state index in [0.29, 0.717) is 33.7 Å². The Hall–Kier alpha value is -3.61. The van der Waals surface area contributed by atoms with Crippen LogP contribution in [0.2, 0.25) is 0 Å². The molecule has 35 heavy (non-hydrogen) atoms. The highest BCUT2D eigenvalue weighted by Crippen LogP contribution is 2.33. The first-order valence-electron chi connectivity index (χ1n) is 11.4. The number of aromatic amines is 1. The maximum atomic E-state index is 13.0. The third kappa shape index (κ3) is 3.99. The van der Waals surface area contributed by atoms with Crippen LogP contribution in [0.4, 0.5) is 5.69 Å². The van der Waals surface area contributed by atoms with Crippen molar-refractivity contribution in [2.24, 2.45) is 7.05 Å². The molecule has 1 amide bonds. The number of hydrogen-bond donors (Lipinski definition) is 2. The van der Waals surface area contributed by atoms with E-state index in [0.717, 1.165) is 41.3 Å². The molecule has 2 N–H and O–H groups in total. The van der Waals surface area contributed by atoms with Crippen molar-refractivity contribution in [3.05, 3.63) is 41.2 Å². The van der Waals surface area contributed by atoms with Crippen molar-refractivity contribution in [1.82, 2.24) is 34.3 Å². The van der Waals surface area contributed by atoms with E-state index in [1.54, 1.807) is 27.7 Å². The van der Waals surface area contributed by atoms with E-state index >= 15 is 0 Å². The normalized spacial score (nSPS) is 15.1. The van der Waals surface area contributed by atoms with E-state index in [1.165, 1.54) is 11.3 Å². The quantitative estimate of drug-likeness (QED) is 0.386. The number of likely N-dealkylation sites (N-methyl/N-ethyl adjacent to an activating group) is 1. The fourth-order valence-corrected chi connectivity index (χ4v) is 5.64. The Morgan fingerprint density at radius 1 is 1.29 bits per heavy atom. The highest BCUT2D eigenvalue weighted by molar-refractivity contribution is 7.21. The van der Waals surface area contributed by atoms with Crippen LogP contribution >= 0.6 is 11.3 Å². The van der Waals surface area contributed by atoms with Crippen molar-refractivity contribution in [2.75, 3.05) is 32.1 Å². The predicted molar refractivity (Wildman–Crippen MR) is 134 cm³/mol. The summed E-state index contributed by atoms with van der Waals surface area (Å²) in [6.45, 7) is 1.72. The summed E-state index contributed by atoms with van der Waals surface area (Å²) in [5.41, 5.74) is 2.88.